The third-order valence-corrected chi connectivity index (χ3v) is 4.52. The molecule has 2 aromatic carbocycles. The first kappa shape index (κ1) is 17.5. The molecule has 0 unspecified atom stereocenters. The maximum absolute atomic E-state index is 12.3. The molecule has 0 spiro atoms. The van der Waals surface area contributed by atoms with Crippen molar-refractivity contribution < 1.29 is 9.53 Å². The number of piperazine rings is 1. The lowest BCUT2D eigenvalue weighted by Crippen LogP contribution is -2.48. The zero-order valence-corrected chi connectivity index (χ0v) is 14.6. The van der Waals surface area contributed by atoms with E-state index in [9.17, 15) is 4.79 Å². The highest BCUT2D eigenvalue weighted by molar-refractivity contribution is 5.76. The van der Waals surface area contributed by atoms with Crippen LogP contribution in [0.4, 0.5) is 0 Å². The topological polar surface area (TPSA) is 32.8 Å². The van der Waals surface area contributed by atoms with E-state index >= 15 is 0 Å². The van der Waals surface area contributed by atoms with E-state index in [1.54, 1.807) is 0 Å². The Labute approximate surface area is 150 Å². The maximum Gasteiger partial charge on any atom is 0.222 e. The van der Waals surface area contributed by atoms with E-state index < -0.39 is 0 Å². The minimum absolute atomic E-state index is 0.246. The molecule has 0 saturated carbocycles. The standard InChI is InChI=1S/C21H26N2O2/c24-21(12-7-17-25-20-10-5-2-6-11-20)23-15-13-22(14-16-23)18-19-8-3-1-4-9-19/h1-6,8-11H,7,12-18H2. The van der Waals surface area contributed by atoms with Crippen LogP contribution in [0, 0.1) is 0 Å². The number of ether oxygens (including phenoxy) is 1. The van der Waals surface area contributed by atoms with Crippen LogP contribution in [0.3, 0.4) is 0 Å². The SMILES string of the molecule is O=C(CCCOc1ccccc1)N1CCN(Cc2ccccc2)CC1. The summed E-state index contributed by atoms with van der Waals surface area (Å²) in [5.74, 6) is 1.11. The first-order valence-corrected chi connectivity index (χ1v) is 9.03. The van der Waals surface area contributed by atoms with E-state index in [0.29, 0.717) is 13.0 Å². The molecule has 0 aliphatic carbocycles. The molecule has 0 N–H and O–H groups in total. The number of hydrogen-bond acceptors (Lipinski definition) is 3. The van der Waals surface area contributed by atoms with Gasteiger partial charge in [0.15, 0.2) is 0 Å². The van der Waals surface area contributed by atoms with E-state index in [0.717, 1.165) is 44.9 Å². The van der Waals surface area contributed by atoms with Crippen molar-refractivity contribution in [1.29, 1.82) is 0 Å². The largest absolute Gasteiger partial charge is 0.494 e. The third-order valence-electron chi connectivity index (χ3n) is 4.52. The molecule has 2 aromatic rings. The summed E-state index contributed by atoms with van der Waals surface area (Å²) in [5, 5.41) is 0. The van der Waals surface area contributed by atoms with Gasteiger partial charge in [0.25, 0.3) is 0 Å². The lowest BCUT2D eigenvalue weighted by Gasteiger charge is -2.34. The molecule has 1 aliphatic rings. The summed E-state index contributed by atoms with van der Waals surface area (Å²) in [6.07, 6.45) is 1.32. The summed E-state index contributed by atoms with van der Waals surface area (Å²) in [6, 6.07) is 20.3. The van der Waals surface area contributed by atoms with Gasteiger partial charge in [-0.05, 0) is 24.1 Å². The molecule has 1 amide bonds. The van der Waals surface area contributed by atoms with Crippen molar-refractivity contribution in [1.82, 2.24) is 9.80 Å². The molecule has 4 nitrogen and oxygen atoms in total. The molecule has 25 heavy (non-hydrogen) atoms. The van der Waals surface area contributed by atoms with Gasteiger partial charge in [-0.15, -0.1) is 0 Å². The number of benzene rings is 2. The zero-order chi connectivity index (χ0) is 17.3. The molecule has 3 rings (SSSR count). The van der Waals surface area contributed by atoms with E-state index in [4.69, 9.17) is 4.74 Å². The van der Waals surface area contributed by atoms with Gasteiger partial charge in [-0.2, -0.15) is 0 Å². The van der Waals surface area contributed by atoms with E-state index in [2.05, 4.69) is 29.2 Å². The van der Waals surface area contributed by atoms with Gasteiger partial charge in [0.05, 0.1) is 6.61 Å². The lowest BCUT2D eigenvalue weighted by atomic mass is 10.2. The Kier molecular flexibility index (Phi) is 6.46. The predicted octanol–water partition coefficient (Wildman–Crippen LogP) is 3.19. The van der Waals surface area contributed by atoms with E-state index in [-0.39, 0.29) is 5.91 Å². The summed E-state index contributed by atoms with van der Waals surface area (Å²) in [7, 11) is 0. The van der Waals surface area contributed by atoms with Crippen LogP contribution in [0.1, 0.15) is 18.4 Å². The summed E-state index contributed by atoms with van der Waals surface area (Å²) in [6.45, 7) is 5.09. The zero-order valence-electron chi connectivity index (χ0n) is 14.6. The molecule has 1 aliphatic heterocycles. The number of carbonyl (C=O) groups is 1. The van der Waals surface area contributed by atoms with Crippen LogP contribution < -0.4 is 4.74 Å². The molecule has 1 saturated heterocycles. The second kappa shape index (κ2) is 9.23. The Morgan fingerprint density at radius 2 is 1.52 bits per heavy atom. The predicted molar refractivity (Wildman–Crippen MR) is 99.5 cm³/mol. The fourth-order valence-electron chi connectivity index (χ4n) is 3.09. The molecule has 0 radical (unpaired) electrons. The minimum Gasteiger partial charge on any atom is -0.494 e. The van der Waals surface area contributed by atoms with Crippen LogP contribution in [0.2, 0.25) is 0 Å². The number of rotatable bonds is 7. The van der Waals surface area contributed by atoms with E-state index in [1.165, 1.54) is 5.56 Å². The number of carbonyl (C=O) groups excluding carboxylic acids is 1. The number of nitrogens with zero attached hydrogens (tertiary/aromatic N) is 2. The monoisotopic (exact) mass is 338 g/mol. The van der Waals surface area contributed by atoms with Gasteiger partial charge in [-0.3, -0.25) is 9.69 Å². The highest BCUT2D eigenvalue weighted by Gasteiger charge is 2.20. The van der Waals surface area contributed by atoms with Gasteiger partial charge < -0.3 is 9.64 Å². The Morgan fingerprint density at radius 3 is 2.20 bits per heavy atom. The fraction of sp³-hybridized carbons (Fsp3) is 0.381. The van der Waals surface area contributed by atoms with Crippen molar-refractivity contribution >= 4 is 5.91 Å². The van der Waals surface area contributed by atoms with Gasteiger partial charge in [0.2, 0.25) is 5.91 Å². The smallest absolute Gasteiger partial charge is 0.222 e. The molecule has 0 aromatic heterocycles. The highest BCUT2D eigenvalue weighted by Crippen LogP contribution is 2.11. The van der Waals surface area contributed by atoms with Crippen LogP contribution in [0.5, 0.6) is 5.75 Å². The quantitative estimate of drug-likeness (QED) is 0.727. The van der Waals surface area contributed by atoms with Crippen LogP contribution in [-0.2, 0) is 11.3 Å². The molecule has 1 heterocycles. The lowest BCUT2D eigenvalue weighted by molar-refractivity contribution is -0.133. The van der Waals surface area contributed by atoms with Gasteiger partial charge >= 0.3 is 0 Å². The number of amides is 1. The average Bonchev–Trinajstić information content (AvgIpc) is 2.67. The van der Waals surface area contributed by atoms with Crippen molar-refractivity contribution in [3.63, 3.8) is 0 Å². The number of hydrogen-bond donors (Lipinski definition) is 0. The average molecular weight is 338 g/mol. The summed E-state index contributed by atoms with van der Waals surface area (Å²) < 4.78 is 5.65. The van der Waals surface area contributed by atoms with Crippen LogP contribution in [-0.4, -0.2) is 48.5 Å². The van der Waals surface area contributed by atoms with Crippen LogP contribution >= 0.6 is 0 Å². The van der Waals surface area contributed by atoms with Gasteiger partial charge in [0.1, 0.15) is 5.75 Å². The molecule has 0 bridgehead atoms. The third kappa shape index (κ3) is 5.61. The molecule has 1 fully saturated rings. The fourth-order valence-corrected chi connectivity index (χ4v) is 3.09. The normalized spacial score (nSPS) is 15.1. The molecule has 4 heteroatoms. The van der Waals surface area contributed by atoms with Crippen LogP contribution in [0.15, 0.2) is 60.7 Å². The highest BCUT2D eigenvalue weighted by atomic mass is 16.5. The Hall–Kier alpha value is -2.33. The van der Waals surface area contributed by atoms with Crippen molar-refractivity contribution in [3.05, 3.63) is 66.2 Å². The first-order valence-electron chi connectivity index (χ1n) is 9.03. The molecule has 0 atom stereocenters. The van der Waals surface area contributed by atoms with Crippen molar-refractivity contribution in [2.75, 3.05) is 32.8 Å². The van der Waals surface area contributed by atoms with Gasteiger partial charge in [-0.25, -0.2) is 0 Å². The molecular weight excluding hydrogens is 312 g/mol. The van der Waals surface area contributed by atoms with Gasteiger partial charge in [-0.1, -0.05) is 48.5 Å². The second-order valence-corrected chi connectivity index (χ2v) is 6.41. The summed E-state index contributed by atoms with van der Waals surface area (Å²) in [4.78, 5) is 16.7. The first-order chi connectivity index (χ1) is 12.3. The Morgan fingerprint density at radius 1 is 0.880 bits per heavy atom. The minimum atomic E-state index is 0.246. The maximum atomic E-state index is 12.3. The molecule has 132 valence electrons. The van der Waals surface area contributed by atoms with Crippen molar-refractivity contribution in [3.8, 4) is 5.75 Å². The van der Waals surface area contributed by atoms with Crippen LogP contribution in [0.25, 0.3) is 0 Å². The van der Waals surface area contributed by atoms with Gasteiger partial charge in [0, 0.05) is 39.1 Å². The Balaban J connectivity index is 1.33. The van der Waals surface area contributed by atoms with Crippen molar-refractivity contribution in [2.24, 2.45) is 0 Å². The van der Waals surface area contributed by atoms with Crippen molar-refractivity contribution in [2.45, 2.75) is 19.4 Å². The summed E-state index contributed by atoms with van der Waals surface area (Å²) >= 11 is 0. The Bertz CT molecular complexity index is 637. The van der Waals surface area contributed by atoms with E-state index in [1.807, 2.05) is 41.3 Å². The summed E-state index contributed by atoms with van der Waals surface area (Å²) in [5.41, 5.74) is 1.33. The number of para-hydroxylation sites is 1. The second-order valence-electron chi connectivity index (χ2n) is 6.41. The molecular formula is C21H26N2O2.